The van der Waals surface area contributed by atoms with E-state index in [1.807, 2.05) is 0 Å². The van der Waals surface area contributed by atoms with Crippen LogP contribution in [0.25, 0.3) is 0 Å². The van der Waals surface area contributed by atoms with Crippen molar-refractivity contribution in [3.05, 3.63) is 0 Å². The molecular weight excluding hydrogens is 118 g/mol. The fraction of sp³-hybridized carbons (Fsp3) is 1.00. The van der Waals surface area contributed by atoms with Gasteiger partial charge in [-0.05, 0) is 32.6 Å². The van der Waals surface area contributed by atoms with Crippen molar-refractivity contribution in [3.8, 4) is 0 Å². The van der Waals surface area contributed by atoms with E-state index in [9.17, 15) is 0 Å². The van der Waals surface area contributed by atoms with Crippen LogP contribution in [0.2, 0.25) is 0 Å². The molecule has 0 bridgehead atoms. The summed E-state index contributed by atoms with van der Waals surface area (Å²) in [6, 6.07) is 0.630. The number of hydrogen-bond donors (Lipinski definition) is 1. The first kappa shape index (κ1) is 8.31. The first-order valence-electron chi connectivity index (χ1n) is 2.87. The third kappa shape index (κ3) is 6.31. The summed E-state index contributed by atoms with van der Waals surface area (Å²) in [6.45, 7) is 4.36. The molecule has 0 aliphatic carbocycles. The van der Waals surface area contributed by atoms with Gasteiger partial charge in [-0.3, -0.25) is 4.72 Å². The molecule has 0 saturated carbocycles. The second-order valence-electron chi connectivity index (χ2n) is 3.11. The summed E-state index contributed by atoms with van der Waals surface area (Å²) in [7, 11) is -0.473. The van der Waals surface area contributed by atoms with Crippen LogP contribution >= 0.6 is 10.2 Å². The van der Waals surface area contributed by atoms with Crippen LogP contribution in [0.5, 0.6) is 0 Å². The van der Waals surface area contributed by atoms with E-state index in [0.29, 0.717) is 6.04 Å². The monoisotopic (exact) mass is 135 g/mol. The van der Waals surface area contributed by atoms with Crippen LogP contribution < -0.4 is 4.72 Å². The Kier molecular flexibility index (Phi) is 2.84. The topological polar surface area (TPSA) is 12.0 Å². The molecule has 0 amide bonds. The summed E-state index contributed by atoms with van der Waals surface area (Å²) in [5.74, 6) is 0. The fourth-order valence-electron chi connectivity index (χ4n) is 0.707. The molecule has 8 heavy (non-hydrogen) atoms. The molecule has 0 atom stereocenters. The minimum absolute atomic E-state index is 0.473. The quantitative estimate of drug-likeness (QED) is 0.606. The van der Waals surface area contributed by atoms with Crippen LogP contribution in [0, 0.1) is 0 Å². The Morgan fingerprint density at radius 2 is 1.50 bits per heavy atom. The predicted octanol–water partition coefficient (Wildman–Crippen LogP) is 1.59. The third-order valence-corrected chi connectivity index (χ3v) is 1.77. The largest absolute Gasteiger partial charge is 0.279 e. The van der Waals surface area contributed by atoms with E-state index >= 15 is 0 Å². The highest BCUT2D eigenvalue weighted by Crippen LogP contribution is 2.28. The molecule has 0 spiro atoms. The van der Waals surface area contributed by atoms with E-state index in [-0.39, 0.29) is 0 Å². The van der Waals surface area contributed by atoms with Crippen molar-refractivity contribution < 1.29 is 0 Å². The first-order chi connectivity index (χ1) is 3.42. The van der Waals surface area contributed by atoms with Gasteiger partial charge in [-0.1, -0.05) is 0 Å². The van der Waals surface area contributed by atoms with Gasteiger partial charge in [0.1, 0.15) is 0 Å². The van der Waals surface area contributed by atoms with Gasteiger partial charge in [-0.15, -0.1) is 0 Å². The summed E-state index contributed by atoms with van der Waals surface area (Å²) >= 11 is 0. The van der Waals surface area contributed by atoms with Gasteiger partial charge in [0.05, 0.1) is 0 Å². The second kappa shape index (κ2) is 2.74. The van der Waals surface area contributed by atoms with Crippen LogP contribution in [0.1, 0.15) is 13.8 Å². The highest BCUT2D eigenvalue weighted by atomic mass is 32.3. The van der Waals surface area contributed by atoms with Gasteiger partial charge >= 0.3 is 0 Å². The standard InChI is InChI=1S/C6H17NS/c1-6(2)7-8(3,4)5/h6-7H,1-5H3. The van der Waals surface area contributed by atoms with Gasteiger partial charge < -0.3 is 0 Å². The molecule has 0 aromatic carbocycles. The highest BCUT2D eigenvalue weighted by Gasteiger charge is 2.02. The van der Waals surface area contributed by atoms with Gasteiger partial charge in [-0.2, -0.15) is 10.2 Å². The van der Waals surface area contributed by atoms with Gasteiger partial charge in [-0.25, -0.2) is 0 Å². The average molecular weight is 135 g/mol. The molecule has 2 heteroatoms. The third-order valence-electron chi connectivity index (χ3n) is 0.589. The van der Waals surface area contributed by atoms with Crippen LogP contribution in [0.15, 0.2) is 0 Å². The van der Waals surface area contributed by atoms with E-state index in [0.717, 1.165) is 0 Å². The molecule has 0 rings (SSSR count). The fourth-order valence-corrected chi connectivity index (χ4v) is 2.12. The Bertz CT molecular complexity index is 63.4. The van der Waals surface area contributed by atoms with Crippen molar-refractivity contribution in [1.29, 1.82) is 0 Å². The second-order valence-corrected chi connectivity index (χ2v) is 7.02. The lowest BCUT2D eigenvalue weighted by Gasteiger charge is -2.29. The highest BCUT2D eigenvalue weighted by molar-refractivity contribution is 8.30. The lowest BCUT2D eigenvalue weighted by atomic mass is 10.4. The summed E-state index contributed by atoms with van der Waals surface area (Å²) in [6.07, 6.45) is 6.77. The van der Waals surface area contributed by atoms with Crippen LogP contribution in [-0.2, 0) is 0 Å². The van der Waals surface area contributed by atoms with Crippen molar-refractivity contribution in [1.82, 2.24) is 4.72 Å². The molecule has 0 aliphatic rings. The Morgan fingerprint density at radius 3 is 1.50 bits per heavy atom. The van der Waals surface area contributed by atoms with Crippen LogP contribution in [0.4, 0.5) is 0 Å². The molecule has 1 N–H and O–H groups in total. The maximum Gasteiger partial charge on any atom is 0.00996 e. The average Bonchev–Trinajstić information content (AvgIpc) is 1.21. The van der Waals surface area contributed by atoms with Crippen molar-refractivity contribution in [3.63, 3.8) is 0 Å². The molecule has 52 valence electrons. The normalized spacial score (nSPS) is 14.8. The smallest absolute Gasteiger partial charge is 0.00996 e. The van der Waals surface area contributed by atoms with Gasteiger partial charge in [0.25, 0.3) is 0 Å². The van der Waals surface area contributed by atoms with E-state index < -0.39 is 10.2 Å². The van der Waals surface area contributed by atoms with E-state index in [4.69, 9.17) is 0 Å². The summed E-state index contributed by atoms with van der Waals surface area (Å²) in [4.78, 5) is 0. The summed E-state index contributed by atoms with van der Waals surface area (Å²) in [5.41, 5.74) is 0. The maximum absolute atomic E-state index is 3.47. The van der Waals surface area contributed by atoms with Crippen molar-refractivity contribution in [2.24, 2.45) is 0 Å². The molecule has 0 aromatic heterocycles. The molecular formula is C6H17NS. The number of nitrogens with one attached hydrogen (secondary N) is 1. The Labute approximate surface area is 54.3 Å². The first-order valence-corrected chi connectivity index (χ1v) is 5.73. The van der Waals surface area contributed by atoms with Crippen molar-refractivity contribution >= 4 is 10.2 Å². The summed E-state index contributed by atoms with van der Waals surface area (Å²) in [5, 5.41) is 0. The molecule has 0 saturated heterocycles. The molecule has 0 radical (unpaired) electrons. The van der Waals surface area contributed by atoms with E-state index in [1.165, 1.54) is 0 Å². The Balaban J connectivity index is 3.39. The van der Waals surface area contributed by atoms with E-state index in [1.54, 1.807) is 0 Å². The number of rotatable bonds is 2. The molecule has 1 nitrogen and oxygen atoms in total. The van der Waals surface area contributed by atoms with Gasteiger partial charge in [0, 0.05) is 6.04 Å². The lowest BCUT2D eigenvalue weighted by molar-refractivity contribution is 0.764. The zero-order valence-electron chi connectivity index (χ0n) is 6.49. The lowest BCUT2D eigenvalue weighted by Crippen LogP contribution is -2.24. The Morgan fingerprint density at radius 1 is 1.12 bits per heavy atom. The molecule has 0 aromatic rings. The molecule has 0 heterocycles. The zero-order chi connectivity index (χ0) is 6.78. The predicted molar refractivity (Wildman–Crippen MR) is 43.6 cm³/mol. The molecule has 0 unspecified atom stereocenters. The van der Waals surface area contributed by atoms with Gasteiger partial charge in [0.15, 0.2) is 0 Å². The van der Waals surface area contributed by atoms with Crippen LogP contribution in [-0.4, -0.2) is 24.8 Å². The van der Waals surface area contributed by atoms with Crippen molar-refractivity contribution in [2.75, 3.05) is 18.8 Å². The summed E-state index contributed by atoms with van der Waals surface area (Å²) < 4.78 is 3.47. The minimum atomic E-state index is -0.473. The zero-order valence-corrected chi connectivity index (χ0v) is 7.30. The minimum Gasteiger partial charge on any atom is -0.279 e. The van der Waals surface area contributed by atoms with Gasteiger partial charge in [0.2, 0.25) is 0 Å². The van der Waals surface area contributed by atoms with Crippen LogP contribution in [0.3, 0.4) is 0 Å². The number of hydrogen-bond acceptors (Lipinski definition) is 1. The van der Waals surface area contributed by atoms with E-state index in [2.05, 4.69) is 37.3 Å². The molecule has 0 aliphatic heterocycles. The Hall–Kier alpha value is 0.310. The van der Waals surface area contributed by atoms with Crippen molar-refractivity contribution in [2.45, 2.75) is 19.9 Å². The molecule has 0 fully saturated rings. The maximum atomic E-state index is 3.47. The SMILES string of the molecule is CC(C)NS(C)(C)C.